The number of nitrogens with two attached hydrogens (primary N) is 1. The molecule has 2 N–H and O–H groups in total. The second-order valence-corrected chi connectivity index (χ2v) is 6.85. The van der Waals surface area contributed by atoms with E-state index in [-0.39, 0.29) is 0 Å². The summed E-state index contributed by atoms with van der Waals surface area (Å²) in [5.41, 5.74) is 5.81. The fourth-order valence-corrected chi connectivity index (χ4v) is 3.30. The third-order valence-electron chi connectivity index (χ3n) is 4.71. The Bertz CT molecular complexity index is 471. The summed E-state index contributed by atoms with van der Waals surface area (Å²) in [5, 5.41) is 0. The predicted octanol–water partition coefficient (Wildman–Crippen LogP) is 2.01. The molecule has 0 aromatic carbocycles. The molecule has 21 heavy (non-hydrogen) atoms. The van der Waals surface area contributed by atoms with Crippen LogP contribution in [0.4, 0.5) is 11.6 Å². The zero-order valence-electron chi connectivity index (χ0n) is 13.2. The number of hydrogen-bond acceptors (Lipinski definition) is 5. The van der Waals surface area contributed by atoms with E-state index < -0.39 is 0 Å². The van der Waals surface area contributed by atoms with E-state index in [9.17, 15) is 0 Å². The number of anilines is 2. The van der Waals surface area contributed by atoms with Gasteiger partial charge >= 0.3 is 0 Å². The number of hydrogen-bond donors (Lipinski definition) is 1. The van der Waals surface area contributed by atoms with Crippen molar-refractivity contribution in [1.82, 2.24) is 14.9 Å². The molecule has 1 saturated heterocycles. The molecule has 0 amide bonds. The Balaban J connectivity index is 1.75. The summed E-state index contributed by atoms with van der Waals surface area (Å²) in [7, 11) is 0. The fraction of sp³-hybridized carbons (Fsp3) is 0.750. The summed E-state index contributed by atoms with van der Waals surface area (Å²) in [4.78, 5) is 13.5. The zero-order chi connectivity index (χ0) is 14.8. The normalized spacial score (nSPS) is 24.3. The second-order valence-electron chi connectivity index (χ2n) is 6.85. The molecule has 0 spiro atoms. The van der Waals surface area contributed by atoms with Crippen molar-refractivity contribution in [1.29, 1.82) is 0 Å². The Kier molecular flexibility index (Phi) is 4.29. The summed E-state index contributed by atoms with van der Waals surface area (Å²) < 4.78 is 0. The summed E-state index contributed by atoms with van der Waals surface area (Å²) in [6.45, 7) is 9.26. The monoisotopic (exact) mass is 289 g/mol. The van der Waals surface area contributed by atoms with E-state index in [0.29, 0.717) is 17.8 Å². The van der Waals surface area contributed by atoms with Crippen LogP contribution in [0.5, 0.6) is 0 Å². The van der Waals surface area contributed by atoms with Crippen LogP contribution in [0.3, 0.4) is 0 Å². The molecule has 2 heterocycles. The zero-order valence-corrected chi connectivity index (χ0v) is 13.2. The topological polar surface area (TPSA) is 58.3 Å². The highest BCUT2D eigenvalue weighted by Gasteiger charge is 2.32. The smallest absolute Gasteiger partial charge is 0.134 e. The van der Waals surface area contributed by atoms with E-state index in [1.54, 1.807) is 6.33 Å². The summed E-state index contributed by atoms with van der Waals surface area (Å²) in [5.74, 6) is 3.14. The van der Waals surface area contributed by atoms with Gasteiger partial charge in [-0.3, -0.25) is 4.90 Å². The van der Waals surface area contributed by atoms with Crippen molar-refractivity contribution in [3.8, 4) is 0 Å². The van der Waals surface area contributed by atoms with Crippen LogP contribution in [0.1, 0.15) is 33.1 Å². The Morgan fingerprint density at radius 2 is 2.10 bits per heavy atom. The van der Waals surface area contributed by atoms with Gasteiger partial charge in [0.15, 0.2) is 0 Å². The molecule has 1 aromatic rings. The van der Waals surface area contributed by atoms with Gasteiger partial charge in [-0.2, -0.15) is 0 Å². The van der Waals surface area contributed by atoms with Crippen molar-refractivity contribution in [2.75, 3.05) is 36.8 Å². The minimum absolute atomic E-state index is 0.556. The number of nitrogens with zero attached hydrogens (tertiary/aromatic N) is 4. The summed E-state index contributed by atoms with van der Waals surface area (Å²) in [6, 6.07) is 2.50. The molecular weight excluding hydrogens is 262 g/mol. The molecule has 0 radical (unpaired) electrons. The van der Waals surface area contributed by atoms with E-state index in [1.807, 2.05) is 6.07 Å². The lowest BCUT2D eigenvalue weighted by Crippen LogP contribution is -2.45. The first-order valence-corrected chi connectivity index (χ1v) is 8.20. The van der Waals surface area contributed by atoms with Gasteiger partial charge in [-0.05, 0) is 31.1 Å². The van der Waals surface area contributed by atoms with Crippen molar-refractivity contribution in [3.63, 3.8) is 0 Å². The minimum atomic E-state index is 0.556. The van der Waals surface area contributed by atoms with Gasteiger partial charge < -0.3 is 10.6 Å². The van der Waals surface area contributed by atoms with Crippen LogP contribution in [-0.2, 0) is 0 Å². The molecule has 1 aliphatic heterocycles. The average molecular weight is 289 g/mol. The molecule has 1 aliphatic carbocycles. The maximum atomic E-state index is 5.81. The molecule has 1 atom stereocenters. The average Bonchev–Trinajstić information content (AvgIpc) is 3.26. The van der Waals surface area contributed by atoms with Crippen LogP contribution >= 0.6 is 0 Å². The number of aromatic nitrogens is 2. The van der Waals surface area contributed by atoms with Crippen molar-refractivity contribution in [2.45, 2.75) is 39.2 Å². The number of nitrogen functional groups attached to an aromatic ring is 1. The second kappa shape index (κ2) is 6.18. The SMILES string of the molecule is CC(C)[C@H]1CN(c2cc(N)ncn2)CCCN1CC1CC1. The summed E-state index contributed by atoms with van der Waals surface area (Å²) in [6.07, 6.45) is 5.61. The van der Waals surface area contributed by atoms with E-state index in [2.05, 4.69) is 33.6 Å². The lowest BCUT2D eigenvalue weighted by atomic mass is 10.0. The van der Waals surface area contributed by atoms with Crippen LogP contribution in [-0.4, -0.2) is 47.1 Å². The molecule has 3 rings (SSSR count). The lowest BCUT2D eigenvalue weighted by molar-refractivity contribution is 0.162. The van der Waals surface area contributed by atoms with Crippen LogP contribution in [0, 0.1) is 11.8 Å². The van der Waals surface area contributed by atoms with E-state index in [4.69, 9.17) is 5.73 Å². The molecule has 1 aromatic heterocycles. The van der Waals surface area contributed by atoms with Gasteiger partial charge in [0.05, 0.1) is 0 Å². The van der Waals surface area contributed by atoms with Gasteiger partial charge in [-0.15, -0.1) is 0 Å². The first-order chi connectivity index (χ1) is 10.1. The highest BCUT2D eigenvalue weighted by Crippen LogP contribution is 2.32. The first-order valence-electron chi connectivity index (χ1n) is 8.20. The standard InChI is InChI=1S/C16H27N5/c1-12(2)14-10-21(16-8-15(17)18-11-19-16)7-3-6-20(14)9-13-4-5-13/h8,11-14H,3-7,9-10H2,1-2H3,(H2,17,18,19)/t14-/m1/s1. The Morgan fingerprint density at radius 3 is 2.76 bits per heavy atom. The van der Waals surface area contributed by atoms with Gasteiger partial charge in [0.1, 0.15) is 18.0 Å². The van der Waals surface area contributed by atoms with Crippen molar-refractivity contribution in [3.05, 3.63) is 12.4 Å². The molecular formula is C16H27N5. The first kappa shape index (κ1) is 14.6. The fourth-order valence-electron chi connectivity index (χ4n) is 3.30. The highest BCUT2D eigenvalue weighted by atomic mass is 15.3. The van der Waals surface area contributed by atoms with Gasteiger partial charge in [-0.25, -0.2) is 9.97 Å². The predicted molar refractivity (Wildman–Crippen MR) is 86.2 cm³/mol. The Labute approximate surface area is 127 Å². The largest absolute Gasteiger partial charge is 0.384 e. The van der Waals surface area contributed by atoms with E-state index in [0.717, 1.165) is 24.8 Å². The Hall–Kier alpha value is -1.36. The molecule has 2 aliphatic rings. The molecule has 0 unspecified atom stereocenters. The highest BCUT2D eigenvalue weighted by molar-refractivity contribution is 5.46. The minimum Gasteiger partial charge on any atom is -0.384 e. The quantitative estimate of drug-likeness (QED) is 0.919. The third-order valence-corrected chi connectivity index (χ3v) is 4.71. The van der Waals surface area contributed by atoms with Crippen molar-refractivity contribution in [2.24, 2.45) is 11.8 Å². The maximum Gasteiger partial charge on any atom is 0.134 e. The Morgan fingerprint density at radius 1 is 1.29 bits per heavy atom. The van der Waals surface area contributed by atoms with Crippen LogP contribution in [0.2, 0.25) is 0 Å². The van der Waals surface area contributed by atoms with Crippen LogP contribution < -0.4 is 10.6 Å². The van der Waals surface area contributed by atoms with Crippen molar-refractivity contribution < 1.29 is 0 Å². The maximum absolute atomic E-state index is 5.81. The third kappa shape index (κ3) is 3.64. The molecule has 1 saturated carbocycles. The lowest BCUT2D eigenvalue weighted by Gasteiger charge is -2.35. The van der Waals surface area contributed by atoms with Gasteiger partial charge in [0.25, 0.3) is 0 Å². The van der Waals surface area contributed by atoms with Gasteiger partial charge in [-0.1, -0.05) is 13.8 Å². The van der Waals surface area contributed by atoms with Gasteiger partial charge in [0, 0.05) is 38.3 Å². The molecule has 5 nitrogen and oxygen atoms in total. The van der Waals surface area contributed by atoms with Crippen LogP contribution in [0.25, 0.3) is 0 Å². The molecule has 2 fully saturated rings. The summed E-state index contributed by atoms with van der Waals surface area (Å²) >= 11 is 0. The van der Waals surface area contributed by atoms with Crippen molar-refractivity contribution >= 4 is 11.6 Å². The van der Waals surface area contributed by atoms with Gasteiger partial charge in [0.2, 0.25) is 0 Å². The molecule has 5 heteroatoms. The van der Waals surface area contributed by atoms with E-state index >= 15 is 0 Å². The molecule has 116 valence electrons. The molecule has 0 bridgehead atoms. The van der Waals surface area contributed by atoms with E-state index in [1.165, 1.54) is 32.4 Å². The number of rotatable bonds is 4. The van der Waals surface area contributed by atoms with Crippen LogP contribution in [0.15, 0.2) is 12.4 Å².